The van der Waals surface area contributed by atoms with Gasteiger partial charge in [0.05, 0.1) is 28.0 Å². The zero-order valence-electron chi connectivity index (χ0n) is 10.1. The Morgan fingerprint density at radius 1 is 1.20 bits per heavy atom. The first-order chi connectivity index (χ1) is 9.60. The Hall–Kier alpha value is -1.62. The van der Waals surface area contributed by atoms with Gasteiger partial charge in [0.25, 0.3) is 0 Å². The third-order valence-corrected chi connectivity index (χ3v) is 3.49. The lowest BCUT2D eigenvalue weighted by molar-refractivity contribution is 0.276. The van der Waals surface area contributed by atoms with Gasteiger partial charge in [0.15, 0.2) is 5.65 Å². The number of hydrogen-bond donors (Lipinski definition) is 1. The second-order valence-electron chi connectivity index (χ2n) is 4.27. The molecule has 20 heavy (non-hydrogen) atoms. The van der Waals surface area contributed by atoms with Crippen molar-refractivity contribution in [1.29, 1.82) is 0 Å². The van der Waals surface area contributed by atoms with Crippen LogP contribution < -0.4 is 0 Å². The lowest BCUT2D eigenvalue weighted by Gasteiger charge is -2.02. The summed E-state index contributed by atoms with van der Waals surface area (Å²) in [5.74, 6) is -0.330. The Labute approximate surface area is 124 Å². The normalized spacial score (nSPS) is 11.2. The molecule has 3 aromatic rings. The maximum atomic E-state index is 13.0. The predicted octanol–water partition coefficient (Wildman–Crippen LogP) is 3.94. The first kappa shape index (κ1) is 13.4. The van der Waals surface area contributed by atoms with Gasteiger partial charge < -0.3 is 5.11 Å². The summed E-state index contributed by atoms with van der Waals surface area (Å²) in [5.41, 5.74) is 2.30. The van der Waals surface area contributed by atoms with Gasteiger partial charge >= 0.3 is 0 Å². The van der Waals surface area contributed by atoms with Crippen LogP contribution in [0.15, 0.2) is 36.5 Å². The van der Waals surface area contributed by atoms with Crippen molar-refractivity contribution >= 4 is 28.8 Å². The number of halogens is 3. The second-order valence-corrected chi connectivity index (χ2v) is 5.12. The molecule has 6 heteroatoms. The Bertz CT molecular complexity index is 784. The van der Waals surface area contributed by atoms with Crippen molar-refractivity contribution in [2.75, 3.05) is 0 Å². The first-order valence-electron chi connectivity index (χ1n) is 5.83. The summed E-state index contributed by atoms with van der Waals surface area (Å²) in [6.07, 6.45) is 1.63. The third kappa shape index (κ3) is 2.16. The van der Waals surface area contributed by atoms with Gasteiger partial charge in [-0.05, 0) is 30.3 Å². The molecule has 0 radical (unpaired) electrons. The molecule has 0 unspecified atom stereocenters. The van der Waals surface area contributed by atoms with Gasteiger partial charge in [-0.3, -0.25) is 4.40 Å². The van der Waals surface area contributed by atoms with Crippen LogP contribution >= 0.6 is 23.2 Å². The van der Waals surface area contributed by atoms with Crippen molar-refractivity contribution in [2.45, 2.75) is 6.61 Å². The van der Waals surface area contributed by atoms with Crippen LogP contribution in [0.5, 0.6) is 0 Å². The molecule has 0 amide bonds. The molecule has 0 spiro atoms. The van der Waals surface area contributed by atoms with E-state index in [0.717, 1.165) is 0 Å². The van der Waals surface area contributed by atoms with Crippen LogP contribution in [-0.4, -0.2) is 14.5 Å². The highest BCUT2D eigenvalue weighted by Gasteiger charge is 2.15. The number of aliphatic hydroxyl groups is 1. The van der Waals surface area contributed by atoms with Gasteiger partial charge in [-0.1, -0.05) is 23.2 Å². The van der Waals surface area contributed by atoms with E-state index < -0.39 is 0 Å². The number of fused-ring (bicyclic) bond motifs is 1. The summed E-state index contributed by atoms with van der Waals surface area (Å²) in [7, 11) is 0. The molecule has 2 heterocycles. The molecule has 3 nitrogen and oxygen atoms in total. The molecule has 2 aromatic heterocycles. The molecular formula is C14H9Cl2FN2O. The number of pyridine rings is 1. The van der Waals surface area contributed by atoms with Crippen LogP contribution in [-0.2, 0) is 6.61 Å². The monoisotopic (exact) mass is 310 g/mol. The maximum absolute atomic E-state index is 13.0. The van der Waals surface area contributed by atoms with E-state index in [1.807, 2.05) is 0 Å². The smallest absolute Gasteiger partial charge is 0.156 e. The minimum atomic E-state index is -0.330. The maximum Gasteiger partial charge on any atom is 0.156 e. The second kappa shape index (κ2) is 5.05. The van der Waals surface area contributed by atoms with Crippen LogP contribution in [0.4, 0.5) is 4.39 Å². The van der Waals surface area contributed by atoms with E-state index in [4.69, 9.17) is 23.2 Å². The van der Waals surface area contributed by atoms with Crippen LogP contribution in [0.2, 0.25) is 10.0 Å². The number of rotatable bonds is 2. The van der Waals surface area contributed by atoms with Gasteiger partial charge in [0.2, 0.25) is 0 Å². The lowest BCUT2D eigenvalue weighted by atomic mass is 10.1. The lowest BCUT2D eigenvalue weighted by Crippen LogP contribution is -1.94. The summed E-state index contributed by atoms with van der Waals surface area (Å²) in [6.45, 7) is -0.232. The average molecular weight is 311 g/mol. The molecule has 0 bridgehead atoms. The summed E-state index contributed by atoms with van der Waals surface area (Å²) < 4.78 is 14.6. The number of imidazole rings is 1. The molecule has 0 aliphatic carbocycles. The number of nitrogens with zero attached hydrogens (tertiary/aromatic N) is 2. The molecule has 3 rings (SSSR count). The SMILES string of the molecule is OCc1c(-c2ccc(F)cc2)nc2c(Cl)cc(Cl)cn12. The Morgan fingerprint density at radius 2 is 1.90 bits per heavy atom. The molecule has 0 aliphatic heterocycles. The highest BCUT2D eigenvalue weighted by Crippen LogP contribution is 2.29. The number of hydrogen-bond acceptors (Lipinski definition) is 2. The minimum Gasteiger partial charge on any atom is -0.390 e. The van der Waals surface area contributed by atoms with E-state index in [-0.39, 0.29) is 12.4 Å². The van der Waals surface area contributed by atoms with Crippen molar-refractivity contribution in [3.05, 3.63) is 58.1 Å². The van der Waals surface area contributed by atoms with Crippen LogP contribution in [0.25, 0.3) is 16.9 Å². The van der Waals surface area contributed by atoms with Gasteiger partial charge in [0, 0.05) is 11.8 Å². The van der Waals surface area contributed by atoms with Crippen molar-refractivity contribution < 1.29 is 9.50 Å². The topological polar surface area (TPSA) is 37.5 Å². The molecule has 1 N–H and O–H groups in total. The predicted molar refractivity (Wildman–Crippen MR) is 76.5 cm³/mol. The molecule has 0 fully saturated rings. The molecule has 0 saturated carbocycles. The van der Waals surface area contributed by atoms with Gasteiger partial charge in [-0.2, -0.15) is 0 Å². The van der Waals surface area contributed by atoms with Gasteiger partial charge in [0.1, 0.15) is 5.82 Å². The molecule has 1 aromatic carbocycles. The largest absolute Gasteiger partial charge is 0.390 e. The summed E-state index contributed by atoms with van der Waals surface area (Å²) >= 11 is 12.1. The van der Waals surface area contributed by atoms with Crippen LogP contribution in [0, 0.1) is 5.82 Å². The Morgan fingerprint density at radius 3 is 2.55 bits per heavy atom. The van der Waals surface area contributed by atoms with Crippen molar-refractivity contribution in [3.8, 4) is 11.3 Å². The molecule has 0 saturated heterocycles. The highest BCUT2D eigenvalue weighted by molar-refractivity contribution is 6.36. The van der Waals surface area contributed by atoms with Gasteiger partial charge in [-0.15, -0.1) is 0 Å². The van der Waals surface area contributed by atoms with E-state index >= 15 is 0 Å². The quantitative estimate of drug-likeness (QED) is 0.778. The molecule has 0 atom stereocenters. The highest BCUT2D eigenvalue weighted by atomic mass is 35.5. The summed E-state index contributed by atoms with van der Waals surface area (Å²) in [6, 6.07) is 7.47. The van der Waals surface area contributed by atoms with Crippen LogP contribution in [0.1, 0.15) is 5.69 Å². The number of aliphatic hydroxyl groups excluding tert-OH is 1. The summed E-state index contributed by atoms with van der Waals surface area (Å²) in [5, 5.41) is 10.4. The third-order valence-electron chi connectivity index (χ3n) is 3.01. The van der Waals surface area contributed by atoms with E-state index in [2.05, 4.69) is 4.98 Å². The standard InChI is InChI=1S/C14H9Cl2FN2O/c15-9-5-11(16)14-18-13(12(7-20)19(14)6-9)8-1-3-10(17)4-2-8/h1-6,20H,7H2. The Balaban J connectivity index is 2.30. The Kier molecular flexibility index (Phi) is 3.38. The molecule has 102 valence electrons. The number of aromatic nitrogens is 2. The van der Waals surface area contributed by atoms with Gasteiger partial charge in [-0.25, -0.2) is 9.37 Å². The average Bonchev–Trinajstić information content (AvgIpc) is 2.78. The fraction of sp³-hybridized carbons (Fsp3) is 0.0714. The zero-order chi connectivity index (χ0) is 14.3. The molecular weight excluding hydrogens is 302 g/mol. The summed E-state index contributed by atoms with van der Waals surface area (Å²) in [4.78, 5) is 4.41. The minimum absolute atomic E-state index is 0.232. The fourth-order valence-corrected chi connectivity index (χ4v) is 2.62. The van der Waals surface area contributed by atoms with E-state index in [0.29, 0.717) is 32.6 Å². The fourth-order valence-electron chi connectivity index (χ4n) is 2.11. The van der Waals surface area contributed by atoms with Crippen LogP contribution in [0.3, 0.4) is 0 Å². The molecule has 0 aliphatic rings. The van der Waals surface area contributed by atoms with E-state index in [9.17, 15) is 9.50 Å². The van der Waals surface area contributed by atoms with Crippen molar-refractivity contribution in [1.82, 2.24) is 9.38 Å². The van der Waals surface area contributed by atoms with Crippen molar-refractivity contribution in [2.24, 2.45) is 0 Å². The van der Waals surface area contributed by atoms with Crippen molar-refractivity contribution in [3.63, 3.8) is 0 Å². The first-order valence-corrected chi connectivity index (χ1v) is 6.58. The van der Waals surface area contributed by atoms with E-state index in [1.165, 1.54) is 12.1 Å². The zero-order valence-corrected chi connectivity index (χ0v) is 11.7. The number of benzene rings is 1. The van der Waals surface area contributed by atoms with E-state index in [1.54, 1.807) is 28.8 Å².